The molecule has 0 spiro atoms. The molecule has 1 aromatic heterocycles. The second-order valence-electron chi connectivity index (χ2n) is 5.81. The molecule has 0 saturated heterocycles. The zero-order valence-corrected chi connectivity index (χ0v) is 13.3. The van der Waals surface area contributed by atoms with Crippen molar-refractivity contribution >= 4 is 17.8 Å². The highest BCUT2D eigenvalue weighted by Gasteiger charge is 2.45. The van der Waals surface area contributed by atoms with Gasteiger partial charge < -0.3 is 0 Å². The Labute approximate surface area is 141 Å². The van der Waals surface area contributed by atoms with Gasteiger partial charge in [-0.05, 0) is 37.1 Å². The number of nitrogens with zero attached hydrogens (tertiary/aromatic N) is 3. The number of halogens is 4. The van der Waals surface area contributed by atoms with Crippen molar-refractivity contribution in [1.29, 1.82) is 0 Å². The lowest BCUT2D eigenvalue weighted by molar-refractivity contribution is -0.172. The Morgan fingerprint density at radius 3 is 2.60 bits per heavy atom. The van der Waals surface area contributed by atoms with E-state index in [9.17, 15) is 22.4 Å². The summed E-state index contributed by atoms with van der Waals surface area (Å²) in [7, 11) is 0. The number of hydrogen-bond acceptors (Lipinski definition) is 2. The number of anilines is 1. The molecule has 0 fully saturated rings. The van der Waals surface area contributed by atoms with Crippen LogP contribution in [-0.4, -0.2) is 28.4 Å². The summed E-state index contributed by atoms with van der Waals surface area (Å²) in [6.45, 7) is 1.53. The molecule has 0 saturated carbocycles. The number of rotatable bonds is 2. The van der Waals surface area contributed by atoms with Crippen LogP contribution < -0.4 is 4.90 Å². The largest absolute Gasteiger partial charge is 0.410 e. The lowest BCUT2D eigenvalue weighted by Gasteiger charge is -2.33. The molecule has 0 bridgehead atoms. The van der Waals surface area contributed by atoms with Crippen LogP contribution in [0.25, 0.3) is 6.08 Å². The average molecular weight is 353 g/mol. The number of fused-ring (bicyclic) bond motifs is 1. The Bertz CT molecular complexity index is 808. The van der Waals surface area contributed by atoms with Crippen LogP contribution in [0.2, 0.25) is 0 Å². The van der Waals surface area contributed by atoms with Crippen LogP contribution in [0.3, 0.4) is 0 Å². The van der Waals surface area contributed by atoms with E-state index in [1.54, 1.807) is 6.92 Å². The van der Waals surface area contributed by atoms with Gasteiger partial charge in [-0.2, -0.15) is 18.3 Å². The van der Waals surface area contributed by atoms with Crippen molar-refractivity contribution in [1.82, 2.24) is 9.78 Å². The monoisotopic (exact) mass is 353 g/mol. The zero-order chi connectivity index (χ0) is 18.2. The van der Waals surface area contributed by atoms with E-state index in [1.807, 2.05) is 0 Å². The highest BCUT2D eigenvalue weighted by Crippen LogP contribution is 2.39. The Hall–Kier alpha value is -2.64. The van der Waals surface area contributed by atoms with Crippen molar-refractivity contribution in [2.75, 3.05) is 11.4 Å². The summed E-state index contributed by atoms with van der Waals surface area (Å²) in [4.78, 5) is 13.7. The zero-order valence-electron chi connectivity index (χ0n) is 13.3. The molecule has 132 valence electrons. The normalized spacial score (nSPS) is 17.8. The van der Waals surface area contributed by atoms with Crippen molar-refractivity contribution in [2.45, 2.75) is 25.6 Å². The molecule has 2 aromatic rings. The van der Waals surface area contributed by atoms with E-state index >= 15 is 0 Å². The summed E-state index contributed by atoms with van der Waals surface area (Å²) in [5.74, 6) is -0.719. The van der Waals surface area contributed by atoms with Crippen molar-refractivity contribution in [3.63, 3.8) is 0 Å². The molecule has 4 nitrogen and oxygen atoms in total. The number of alkyl halides is 3. The van der Waals surface area contributed by atoms with Crippen molar-refractivity contribution in [3.05, 3.63) is 53.5 Å². The number of aromatic nitrogens is 2. The first-order valence-corrected chi connectivity index (χ1v) is 7.64. The predicted octanol–water partition coefficient (Wildman–Crippen LogP) is 3.88. The molecule has 1 amide bonds. The molecule has 0 aliphatic carbocycles. The van der Waals surface area contributed by atoms with Crippen LogP contribution in [0, 0.1) is 12.7 Å². The van der Waals surface area contributed by atoms with Crippen molar-refractivity contribution < 1.29 is 22.4 Å². The number of benzene rings is 1. The van der Waals surface area contributed by atoms with Crippen LogP contribution >= 0.6 is 0 Å². The van der Waals surface area contributed by atoms with Crippen molar-refractivity contribution in [2.24, 2.45) is 0 Å². The number of carbonyl (C=O) groups excluding carboxylic acids is 1. The van der Waals surface area contributed by atoms with Gasteiger partial charge in [-0.25, -0.2) is 9.07 Å². The van der Waals surface area contributed by atoms with E-state index in [4.69, 9.17) is 0 Å². The average Bonchev–Trinajstić information content (AvgIpc) is 2.93. The topological polar surface area (TPSA) is 38.1 Å². The molecule has 1 unspecified atom stereocenters. The Balaban J connectivity index is 1.85. The van der Waals surface area contributed by atoms with E-state index in [0.717, 1.165) is 4.68 Å². The maximum absolute atomic E-state index is 13.2. The van der Waals surface area contributed by atoms with E-state index in [2.05, 4.69) is 5.10 Å². The molecule has 3 rings (SSSR count). The van der Waals surface area contributed by atoms with E-state index in [1.165, 1.54) is 47.4 Å². The molecular weight excluding hydrogens is 338 g/mol. The van der Waals surface area contributed by atoms with Gasteiger partial charge in [0.15, 0.2) is 6.04 Å². The minimum atomic E-state index is -4.42. The van der Waals surface area contributed by atoms with Gasteiger partial charge in [-0.1, -0.05) is 12.1 Å². The fraction of sp³-hybridized carbons (Fsp3) is 0.294. The molecule has 0 radical (unpaired) electrons. The second-order valence-corrected chi connectivity index (χ2v) is 5.81. The quantitative estimate of drug-likeness (QED) is 0.607. The lowest BCUT2D eigenvalue weighted by Crippen LogP contribution is -2.42. The summed E-state index contributed by atoms with van der Waals surface area (Å²) < 4.78 is 53.2. The van der Waals surface area contributed by atoms with E-state index < -0.39 is 23.9 Å². The first-order chi connectivity index (χ1) is 11.8. The number of aryl methyl sites for hydroxylation is 1. The second kappa shape index (κ2) is 6.34. The molecule has 0 N–H and O–H groups in total. The summed E-state index contributed by atoms with van der Waals surface area (Å²) in [5.41, 5.74) is 1.02. The summed E-state index contributed by atoms with van der Waals surface area (Å²) in [6.07, 6.45) is -1.93. The maximum Gasteiger partial charge on any atom is 0.410 e. The molecule has 1 aliphatic heterocycles. The van der Waals surface area contributed by atoms with E-state index in [-0.39, 0.29) is 18.8 Å². The van der Waals surface area contributed by atoms with Gasteiger partial charge in [-0.3, -0.25) is 9.69 Å². The number of amides is 1. The van der Waals surface area contributed by atoms with Gasteiger partial charge in [0.2, 0.25) is 0 Å². The van der Waals surface area contributed by atoms with Crippen LogP contribution in [0.5, 0.6) is 0 Å². The summed E-state index contributed by atoms with van der Waals surface area (Å²) >= 11 is 0. The third kappa shape index (κ3) is 3.57. The highest BCUT2D eigenvalue weighted by atomic mass is 19.4. The molecule has 1 atom stereocenters. The fourth-order valence-corrected chi connectivity index (χ4v) is 2.78. The Kier molecular flexibility index (Phi) is 4.36. The van der Waals surface area contributed by atoms with Gasteiger partial charge >= 0.3 is 6.18 Å². The summed E-state index contributed by atoms with van der Waals surface area (Å²) in [5, 5.41) is 3.90. The van der Waals surface area contributed by atoms with Gasteiger partial charge in [0.25, 0.3) is 5.91 Å². The minimum absolute atomic E-state index is 0.0537. The Morgan fingerprint density at radius 1 is 1.28 bits per heavy atom. The molecule has 8 heteroatoms. The van der Waals surface area contributed by atoms with Crippen LogP contribution in [-0.2, 0) is 4.79 Å². The molecule has 1 aromatic carbocycles. The van der Waals surface area contributed by atoms with Crippen molar-refractivity contribution in [3.8, 4) is 0 Å². The minimum Gasteiger partial charge on any atom is -0.293 e. The van der Waals surface area contributed by atoms with Gasteiger partial charge in [0, 0.05) is 18.7 Å². The van der Waals surface area contributed by atoms with Crippen LogP contribution in [0.4, 0.5) is 23.4 Å². The van der Waals surface area contributed by atoms with Gasteiger partial charge in [0.1, 0.15) is 11.6 Å². The SMILES string of the molecule is Cc1cc2n(n1)C(C(F)(F)F)CCN2C(=O)/C=C/c1ccc(F)cc1. The highest BCUT2D eigenvalue weighted by molar-refractivity contribution is 6.03. The summed E-state index contributed by atoms with van der Waals surface area (Å²) in [6, 6.07) is 5.25. The predicted molar refractivity (Wildman–Crippen MR) is 84.5 cm³/mol. The van der Waals surface area contributed by atoms with Crippen LogP contribution in [0.1, 0.15) is 23.7 Å². The molecule has 2 heterocycles. The van der Waals surface area contributed by atoms with E-state index in [0.29, 0.717) is 11.3 Å². The third-order valence-corrected chi connectivity index (χ3v) is 3.97. The smallest absolute Gasteiger partial charge is 0.293 e. The first kappa shape index (κ1) is 17.2. The first-order valence-electron chi connectivity index (χ1n) is 7.64. The lowest BCUT2D eigenvalue weighted by atomic mass is 10.1. The third-order valence-electron chi connectivity index (χ3n) is 3.97. The number of hydrogen-bond donors (Lipinski definition) is 0. The Morgan fingerprint density at radius 2 is 1.96 bits per heavy atom. The fourth-order valence-electron chi connectivity index (χ4n) is 2.78. The molecule has 25 heavy (non-hydrogen) atoms. The standard InChI is InChI=1S/C17H15F4N3O/c1-11-10-15-23(9-8-14(17(19,20)21)24(15)22-11)16(25)7-4-12-2-5-13(18)6-3-12/h2-7,10,14H,8-9H2,1H3/b7-4+. The maximum atomic E-state index is 13.2. The molecule has 1 aliphatic rings. The van der Waals surface area contributed by atoms with Crippen LogP contribution in [0.15, 0.2) is 36.4 Å². The molecular formula is C17H15F4N3O. The van der Waals surface area contributed by atoms with Gasteiger partial charge in [-0.15, -0.1) is 0 Å². The number of carbonyl (C=O) groups is 1. The van der Waals surface area contributed by atoms with Gasteiger partial charge in [0.05, 0.1) is 5.69 Å².